The summed E-state index contributed by atoms with van der Waals surface area (Å²) in [7, 11) is 0. The molecule has 0 aliphatic carbocycles. The van der Waals surface area contributed by atoms with Crippen molar-refractivity contribution in [1.82, 2.24) is 5.32 Å². The Labute approximate surface area is 94.6 Å². The lowest BCUT2D eigenvalue weighted by Gasteiger charge is -2.01. The summed E-state index contributed by atoms with van der Waals surface area (Å²) in [5.41, 5.74) is 0.891. The van der Waals surface area contributed by atoms with E-state index in [0.717, 1.165) is 5.56 Å². The molecule has 0 heterocycles. The molecule has 0 aliphatic rings. The summed E-state index contributed by atoms with van der Waals surface area (Å²) < 4.78 is 0. The van der Waals surface area contributed by atoms with Crippen LogP contribution in [0.3, 0.4) is 0 Å². The predicted molar refractivity (Wildman–Crippen MR) is 62.0 cm³/mol. The molecule has 88 valence electrons. The summed E-state index contributed by atoms with van der Waals surface area (Å²) in [5.74, 6) is -0.122. The molecular formula is C11H16N2O3. The summed E-state index contributed by atoms with van der Waals surface area (Å²) in [6.45, 7) is 5.82. The second-order valence-electron chi connectivity index (χ2n) is 2.83. The second kappa shape index (κ2) is 7.39. The minimum atomic E-state index is -0.456. The summed E-state index contributed by atoms with van der Waals surface area (Å²) in [6.07, 6.45) is 0. The molecule has 0 unspecified atom stereocenters. The van der Waals surface area contributed by atoms with Gasteiger partial charge in [0.25, 0.3) is 5.69 Å². The van der Waals surface area contributed by atoms with Crippen LogP contribution in [0.15, 0.2) is 24.3 Å². The molecule has 0 spiro atoms. The number of nitrogens with one attached hydrogen (secondary N) is 1. The number of carbonyl (C=O) groups is 1. The Balaban J connectivity index is 0.00000106. The van der Waals surface area contributed by atoms with Gasteiger partial charge in [-0.3, -0.25) is 14.9 Å². The van der Waals surface area contributed by atoms with E-state index in [4.69, 9.17) is 0 Å². The van der Waals surface area contributed by atoms with E-state index in [1.165, 1.54) is 19.1 Å². The van der Waals surface area contributed by atoms with Crippen LogP contribution < -0.4 is 5.32 Å². The molecule has 5 nitrogen and oxygen atoms in total. The molecule has 1 aromatic rings. The van der Waals surface area contributed by atoms with Crippen LogP contribution >= 0.6 is 0 Å². The lowest BCUT2D eigenvalue weighted by molar-refractivity contribution is -0.384. The van der Waals surface area contributed by atoms with Gasteiger partial charge in [0.15, 0.2) is 0 Å². The van der Waals surface area contributed by atoms with Crippen LogP contribution in [-0.2, 0) is 11.3 Å². The van der Waals surface area contributed by atoms with E-state index in [-0.39, 0.29) is 11.6 Å². The fourth-order valence-corrected chi connectivity index (χ4v) is 0.962. The lowest BCUT2D eigenvalue weighted by Crippen LogP contribution is -2.18. The number of non-ortho nitro benzene ring substituents is 1. The Morgan fingerprint density at radius 3 is 2.19 bits per heavy atom. The van der Waals surface area contributed by atoms with E-state index >= 15 is 0 Å². The summed E-state index contributed by atoms with van der Waals surface area (Å²) in [6, 6.07) is 6.07. The monoisotopic (exact) mass is 224 g/mol. The van der Waals surface area contributed by atoms with Gasteiger partial charge in [0, 0.05) is 25.6 Å². The molecule has 0 bridgehead atoms. The third-order valence-corrected chi connectivity index (χ3v) is 1.69. The highest BCUT2D eigenvalue weighted by atomic mass is 16.6. The highest BCUT2D eigenvalue weighted by molar-refractivity contribution is 5.72. The molecule has 1 aromatic carbocycles. The average molecular weight is 224 g/mol. The highest BCUT2D eigenvalue weighted by Crippen LogP contribution is 2.11. The van der Waals surface area contributed by atoms with Crippen molar-refractivity contribution >= 4 is 11.6 Å². The smallest absolute Gasteiger partial charge is 0.269 e. The zero-order chi connectivity index (χ0) is 12.6. The van der Waals surface area contributed by atoms with Gasteiger partial charge in [-0.25, -0.2) is 0 Å². The van der Waals surface area contributed by atoms with E-state index in [1.807, 2.05) is 13.8 Å². The molecule has 1 amide bonds. The molecule has 5 heteroatoms. The second-order valence-corrected chi connectivity index (χ2v) is 2.83. The first-order chi connectivity index (χ1) is 7.59. The normalized spacial score (nSPS) is 8.69. The van der Waals surface area contributed by atoms with Crippen molar-refractivity contribution in [3.63, 3.8) is 0 Å². The van der Waals surface area contributed by atoms with Crippen LogP contribution in [0.4, 0.5) is 5.69 Å². The van der Waals surface area contributed by atoms with Crippen molar-refractivity contribution in [2.24, 2.45) is 0 Å². The molecule has 1 rings (SSSR count). The Morgan fingerprint density at radius 2 is 1.81 bits per heavy atom. The Morgan fingerprint density at radius 1 is 1.31 bits per heavy atom. The van der Waals surface area contributed by atoms with Crippen LogP contribution in [0.5, 0.6) is 0 Å². The summed E-state index contributed by atoms with van der Waals surface area (Å²) in [5, 5.41) is 12.9. The Hall–Kier alpha value is -1.91. The zero-order valence-electron chi connectivity index (χ0n) is 9.69. The fourth-order valence-electron chi connectivity index (χ4n) is 0.962. The third kappa shape index (κ3) is 5.09. The predicted octanol–water partition coefficient (Wildman–Crippen LogP) is 2.26. The molecule has 0 aliphatic heterocycles. The Kier molecular flexibility index (Phi) is 6.51. The van der Waals surface area contributed by atoms with Crippen LogP contribution in [0, 0.1) is 10.1 Å². The maximum atomic E-state index is 10.6. The van der Waals surface area contributed by atoms with Crippen molar-refractivity contribution in [3.05, 3.63) is 39.9 Å². The fraction of sp³-hybridized carbons (Fsp3) is 0.364. The van der Waals surface area contributed by atoms with Gasteiger partial charge >= 0.3 is 0 Å². The first-order valence-corrected chi connectivity index (χ1v) is 5.07. The molecule has 0 saturated carbocycles. The zero-order valence-corrected chi connectivity index (χ0v) is 9.69. The molecule has 16 heavy (non-hydrogen) atoms. The molecule has 0 aromatic heterocycles. The van der Waals surface area contributed by atoms with E-state index < -0.39 is 4.92 Å². The lowest BCUT2D eigenvalue weighted by atomic mass is 10.2. The largest absolute Gasteiger partial charge is 0.352 e. The van der Waals surface area contributed by atoms with Gasteiger partial charge in [0.2, 0.25) is 5.91 Å². The number of carbonyl (C=O) groups excluding carboxylic acids is 1. The van der Waals surface area contributed by atoms with Gasteiger partial charge in [-0.05, 0) is 5.56 Å². The van der Waals surface area contributed by atoms with E-state index in [2.05, 4.69) is 5.32 Å². The van der Waals surface area contributed by atoms with Gasteiger partial charge in [0.1, 0.15) is 0 Å². The number of nitro benzene ring substituents is 1. The third-order valence-electron chi connectivity index (χ3n) is 1.69. The van der Waals surface area contributed by atoms with Gasteiger partial charge in [-0.1, -0.05) is 26.0 Å². The highest BCUT2D eigenvalue weighted by Gasteiger charge is 2.03. The van der Waals surface area contributed by atoms with Crippen LogP contribution in [0.25, 0.3) is 0 Å². The van der Waals surface area contributed by atoms with Gasteiger partial charge in [-0.15, -0.1) is 0 Å². The number of nitrogens with zero attached hydrogens (tertiary/aromatic N) is 1. The molecule has 1 N–H and O–H groups in total. The quantitative estimate of drug-likeness (QED) is 0.632. The topological polar surface area (TPSA) is 72.2 Å². The summed E-state index contributed by atoms with van der Waals surface area (Å²) in [4.78, 5) is 20.4. The maximum absolute atomic E-state index is 10.6. The average Bonchev–Trinajstić information content (AvgIpc) is 2.29. The van der Waals surface area contributed by atoms with Crippen molar-refractivity contribution in [2.75, 3.05) is 0 Å². The number of rotatable bonds is 3. The number of hydrogen-bond acceptors (Lipinski definition) is 3. The van der Waals surface area contributed by atoms with E-state index in [9.17, 15) is 14.9 Å². The SMILES string of the molecule is CC.CC(=O)NCc1ccc([N+](=O)[O-])cc1. The molecule has 0 fully saturated rings. The summed E-state index contributed by atoms with van der Waals surface area (Å²) >= 11 is 0. The van der Waals surface area contributed by atoms with Crippen LogP contribution in [-0.4, -0.2) is 10.8 Å². The van der Waals surface area contributed by atoms with Crippen molar-refractivity contribution in [3.8, 4) is 0 Å². The van der Waals surface area contributed by atoms with Crippen molar-refractivity contribution < 1.29 is 9.72 Å². The van der Waals surface area contributed by atoms with Gasteiger partial charge < -0.3 is 5.32 Å². The van der Waals surface area contributed by atoms with Gasteiger partial charge in [-0.2, -0.15) is 0 Å². The molecule has 0 saturated heterocycles. The number of benzene rings is 1. The standard InChI is InChI=1S/C9H10N2O3.C2H6/c1-7(12)10-6-8-2-4-9(5-3-8)11(13)14;1-2/h2-5H,6H2,1H3,(H,10,12);1-2H3. The molecule has 0 radical (unpaired) electrons. The molecule has 0 atom stereocenters. The number of hydrogen-bond donors (Lipinski definition) is 1. The van der Waals surface area contributed by atoms with Gasteiger partial charge in [0.05, 0.1) is 4.92 Å². The van der Waals surface area contributed by atoms with E-state index in [0.29, 0.717) is 6.54 Å². The van der Waals surface area contributed by atoms with E-state index in [1.54, 1.807) is 12.1 Å². The minimum absolute atomic E-state index is 0.0524. The first kappa shape index (κ1) is 14.1. The van der Waals surface area contributed by atoms with Crippen molar-refractivity contribution in [1.29, 1.82) is 0 Å². The number of amides is 1. The Bertz CT molecular complexity index is 347. The minimum Gasteiger partial charge on any atom is -0.352 e. The maximum Gasteiger partial charge on any atom is 0.269 e. The first-order valence-electron chi connectivity index (χ1n) is 5.07. The molecular weight excluding hydrogens is 208 g/mol. The number of nitro groups is 1. The van der Waals surface area contributed by atoms with Crippen molar-refractivity contribution in [2.45, 2.75) is 27.3 Å². The van der Waals surface area contributed by atoms with Crippen LogP contribution in [0.1, 0.15) is 26.3 Å². The van der Waals surface area contributed by atoms with Crippen LogP contribution in [0.2, 0.25) is 0 Å².